The van der Waals surface area contributed by atoms with Gasteiger partial charge in [-0.25, -0.2) is 0 Å². The Balaban J connectivity index is 2.47. The first-order valence-corrected chi connectivity index (χ1v) is 8.68. The Kier molecular flexibility index (Phi) is 7.04. The fourth-order valence-corrected chi connectivity index (χ4v) is 2.97. The average Bonchev–Trinajstić information content (AvgIpc) is 2.68. The van der Waals surface area contributed by atoms with E-state index in [1.54, 1.807) is 14.2 Å². The Labute approximate surface area is 155 Å². The Morgan fingerprint density at radius 2 is 1.65 bits per heavy atom. The molecular weight excluding hydrogens is 330 g/mol. The van der Waals surface area contributed by atoms with Crippen LogP contribution in [0.3, 0.4) is 0 Å². The lowest BCUT2D eigenvalue weighted by molar-refractivity contribution is -0.148. The van der Waals surface area contributed by atoms with Crippen molar-refractivity contribution in [1.29, 1.82) is 0 Å². The largest absolute Gasteiger partial charge is 0.493 e. The third-order valence-corrected chi connectivity index (χ3v) is 4.48. The van der Waals surface area contributed by atoms with Crippen LogP contribution in [0.2, 0.25) is 0 Å². The molecule has 140 valence electrons. The van der Waals surface area contributed by atoms with Gasteiger partial charge in [0.25, 0.3) is 0 Å². The highest BCUT2D eigenvalue weighted by atomic mass is 16.5. The van der Waals surface area contributed by atoms with Crippen LogP contribution in [0.5, 0.6) is 11.5 Å². The van der Waals surface area contributed by atoms with Crippen molar-refractivity contribution < 1.29 is 19.0 Å². The van der Waals surface area contributed by atoms with Crippen molar-refractivity contribution >= 4 is 5.97 Å². The van der Waals surface area contributed by atoms with Crippen LogP contribution < -0.4 is 9.47 Å². The number of carbonyl (C=O) groups excluding carboxylic acids is 1. The van der Waals surface area contributed by atoms with Gasteiger partial charge in [0.2, 0.25) is 0 Å². The topological polar surface area (TPSA) is 48.0 Å². The van der Waals surface area contributed by atoms with Crippen LogP contribution in [0.1, 0.15) is 31.0 Å². The molecule has 0 aliphatic carbocycles. The highest BCUT2D eigenvalue weighted by Crippen LogP contribution is 2.35. The molecule has 2 rings (SSSR count). The molecule has 5 nitrogen and oxygen atoms in total. The Morgan fingerprint density at radius 3 is 2.23 bits per heavy atom. The molecule has 2 atom stereocenters. The van der Waals surface area contributed by atoms with Crippen molar-refractivity contribution in [1.82, 2.24) is 4.90 Å². The molecule has 0 aliphatic heterocycles. The molecule has 0 fully saturated rings. The average molecular weight is 357 g/mol. The monoisotopic (exact) mass is 357 g/mol. The van der Waals surface area contributed by atoms with Gasteiger partial charge in [-0.2, -0.15) is 0 Å². The van der Waals surface area contributed by atoms with Gasteiger partial charge in [0.15, 0.2) is 11.5 Å². The molecular formula is C21H27NO4. The summed E-state index contributed by atoms with van der Waals surface area (Å²) < 4.78 is 16.0. The van der Waals surface area contributed by atoms with E-state index >= 15 is 0 Å². The van der Waals surface area contributed by atoms with Gasteiger partial charge in [0.05, 0.1) is 26.9 Å². The molecule has 0 bridgehead atoms. The third-order valence-electron chi connectivity index (χ3n) is 4.48. The maximum absolute atomic E-state index is 12.3. The third kappa shape index (κ3) is 4.35. The van der Waals surface area contributed by atoms with Gasteiger partial charge in [-0.3, -0.25) is 9.69 Å². The van der Waals surface area contributed by atoms with Crippen molar-refractivity contribution in [2.24, 2.45) is 0 Å². The van der Waals surface area contributed by atoms with Gasteiger partial charge in [-0.1, -0.05) is 36.4 Å². The number of ether oxygens (including phenoxy) is 3. The number of benzene rings is 2. The van der Waals surface area contributed by atoms with Crippen LogP contribution in [-0.4, -0.2) is 44.8 Å². The van der Waals surface area contributed by atoms with Crippen LogP contribution in [0.4, 0.5) is 0 Å². The van der Waals surface area contributed by atoms with E-state index in [1.165, 1.54) is 0 Å². The van der Waals surface area contributed by atoms with Crippen LogP contribution in [0.25, 0.3) is 0 Å². The van der Waals surface area contributed by atoms with Gasteiger partial charge < -0.3 is 14.2 Å². The van der Waals surface area contributed by atoms with E-state index in [0.29, 0.717) is 18.1 Å². The van der Waals surface area contributed by atoms with E-state index in [0.717, 1.165) is 11.1 Å². The minimum absolute atomic E-state index is 0.129. The molecule has 0 saturated carbocycles. The summed E-state index contributed by atoms with van der Waals surface area (Å²) in [5.41, 5.74) is 2.09. The number of hydrogen-bond donors (Lipinski definition) is 0. The predicted octanol–water partition coefficient (Wildman–Crippen LogP) is 3.68. The zero-order chi connectivity index (χ0) is 19.1. The number of likely N-dealkylation sites (N-methyl/N-ethyl adjacent to an activating group) is 1. The van der Waals surface area contributed by atoms with Gasteiger partial charge in [-0.05, 0) is 44.2 Å². The number of methoxy groups -OCH3 is 2. The molecule has 0 saturated heterocycles. The number of hydrogen-bond acceptors (Lipinski definition) is 5. The normalized spacial score (nSPS) is 13.2. The molecule has 0 aliphatic rings. The summed E-state index contributed by atoms with van der Waals surface area (Å²) in [4.78, 5) is 14.3. The Morgan fingerprint density at radius 1 is 1.00 bits per heavy atom. The predicted molar refractivity (Wildman–Crippen MR) is 102 cm³/mol. The lowest BCUT2D eigenvalue weighted by Gasteiger charge is -2.33. The molecule has 5 heteroatoms. The van der Waals surface area contributed by atoms with E-state index in [1.807, 2.05) is 62.2 Å². The quantitative estimate of drug-likeness (QED) is 0.675. The summed E-state index contributed by atoms with van der Waals surface area (Å²) in [6.45, 7) is 4.03. The summed E-state index contributed by atoms with van der Waals surface area (Å²) >= 11 is 0. The zero-order valence-electron chi connectivity index (χ0n) is 16.1. The second kappa shape index (κ2) is 9.25. The minimum Gasteiger partial charge on any atom is -0.493 e. The van der Waals surface area contributed by atoms with Crippen LogP contribution >= 0.6 is 0 Å². The lowest BCUT2D eigenvalue weighted by atomic mass is 9.96. The molecule has 0 N–H and O–H groups in total. The molecule has 26 heavy (non-hydrogen) atoms. The summed E-state index contributed by atoms with van der Waals surface area (Å²) in [5, 5.41) is 0. The second-order valence-corrected chi connectivity index (χ2v) is 6.02. The molecule has 2 aromatic rings. The van der Waals surface area contributed by atoms with Crippen molar-refractivity contribution in [3.63, 3.8) is 0 Å². The number of rotatable bonds is 8. The van der Waals surface area contributed by atoms with E-state index in [2.05, 4.69) is 12.1 Å². The summed E-state index contributed by atoms with van der Waals surface area (Å²) in [5.74, 6) is 1.09. The maximum Gasteiger partial charge on any atom is 0.323 e. The number of carbonyl (C=O) groups is 1. The summed E-state index contributed by atoms with van der Waals surface area (Å²) in [6.07, 6.45) is 0. The fraction of sp³-hybridized carbons (Fsp3) is 0.381. The molecule has 0 amide bonds. The highest BCUT2D eigenvalue weighted by molar-refractivity contribution is 5.75. The molecule has 0 aromatic heterocycles. The first-order chi connectivity index (χ1) is 12.5. The molecule has 0 radical (unpaired) electrons. The van der Waals surface area contributed by atoms with Gasteiger partial charge in [0.1, 0.15) is 6.04 Å². The van der Waals surface area contributed by atoms with E-state index in [4.69, 9.17) is 14.2 Å². The Hall–Kier alpha value is -2.53. The number of esters is 1. The van der Waals surface area contributed by atoms with E-state index in [9.17, 15) is 4.79 Å². The van der Waals surface area contributed by atoms with Crippen LogP contribution in [0, 0.1) is 0 Å². The standard InChI is InChI=1S/C21H27NO4/c1-6-26-21(23)15(2)22(3)20(16-10-8-7-9-11-16)17-12-13-18(24-4)19(14-17)25-5/h7-15,20H,6H2,1-5H3. The lowest BCUT2D eigenvalue weighted by Crippen LogP contribution is -2.40. The minimum atomic E-state index is -0.395. The van der Waals surface area contributed by atoms with E-state index < -0.39 is 6.04 Å². The van der Waals surface area contributed by atoms with Gasteiger partial charge in [0, 0.05) is 0 Å². The van der Waals surface area contributed by atoms with Crippen molar-refractivity contribution in [2.45, 2.75) is 25.9 Å². The van der Waals surface area contributed by atoms with Crippen molar-refractivity contribution in [3.8, 4) is 11.5 Å². The summed E-state index contributed by atoms with van der Waals surface area (Å²) in [7, 11) is 5.15. The molecule has 2 unspecified atom stereocenters. The first-order valence-electron chi connectivity index (χ1n) is 8.68. The molecule has 0 spiro atoms. The van der Waals surface area contributed by atoms with Crippen molar-refractivity contribution in [3.05, 3.63) is 59.7 Å². The summed E-state index contributed by atoms with van der Waals surface area (Å²) in [6, 6.07) is 15.4. The van der Waals surface area contributed by atoms with Crippen LogP contribution in [0.15, 0.2) is 48.5 Å². The molecule has 2 aromatic carbocycles. The second-order valence-electron chi connectivity index (χ2n) is 6.02. The van der Waals surface area contributed by atoms with Crippen molar-refractivity contribution in [2.75, 3.05) is 27.9 Å². The highest BCUT2D eigenvalue weighted by Gasteiger charge is 2.28. The maximum atomic E-state index is 12.3. The van der Waals surface area contributed by atoms with E-state index in [-0.39, 0.29) is 12.0 Å². The number of nitrogens with zero attached hydrogens (tertiary/aromatic N) is 1. The zero-order valence-corrected chi connectivity index (χ0v) is 16.1. The SMILES string of the molecule is CCOC(=O)C(C)N(C)C(c1ccccc1)c1ccc(OC)c(OC)c1. The smallest absolute Gasteiger partial charge is 0.323 e. The van der Waals surface area contributed by atoms with Crippen LogP contribution in [-0.2, 0) is 9.53 Å². The fourth-order valence-electron chi connectivity index (χ4n) is 2.97. The molecule has 0 heterocycles. The van der Waals surface area contributed by atoms with Gasteiger partial charge in [-0.15, -0.1) is 0 Å². The van der Waals surface area contributed by atoms with Gasteiger partial charge >= 0.3 is 5.97 Å². The first kappa shape index (κ1) is 19.8. The Bertz CT molecular complexity index is 717.